The Hall–Kier alpha value is -2.75. The Kier molecular flexibility index (Phi) is 5.61. The van der Waals surface area contributed by atoms with Gasteiger partial charge in [-0.05, 0) is 43.2 Å². The number of nitrogens with zero attached hydrogens (tertiary/aromatic N) is 2. The first-order valence-electron chi connectivity index (χ1n) is 9.11. The van der Waals surface area contributed by atoms with Crippen molar-refractivity contribution >= 4 is 38.5 Å². The molecule has 1 fully saturated rings. The lowest BCUT2D eigenvalue weighted by molar-refractivity contribution is -0.111. The number of amides is 1. The average molecular weight is 430 g/mol. The van der Waals surface area contributed by atoms with Gasteiger partial charge in [-0.15, -0.1) is 11.3 Å². The summed E-state index contributed by atoms with van der Waals surface area (Å²) in [5, 5.41) is 4.98. The van der Waals surface area contributed by atoms with Gasteiger partial charge in [-0.2, -0.15) is 4.31 Å². The molecule has 0 aliphatic carbocycles. The zero-order chi connectivity index (χ0) is 20.3. The van der Waals surface area contributed by atoms with Crippen molar-refractivity contribution in [3.05, 3.63) is 59.9 Å². The van der Waals surface area contributed by atoms with Gasteiger partial charge in [0.2, 0.25) is 15.9 Å². The van der Waals surface area contributed by atoms with Crippen LogP contribution in [-0.4, -0.2) is 36.7 Å². The first-order valence-corrected chi connectivity index (χ1v) is 11.4. The standard InChI is InChI=1S/C20H19N3O4S2/c24-19(10-7-16-4-3-13-27-16)22-20-21-18(14-28-20)15-5-8-17(9-6-15)29(25,26)23-11-1-2-12-23/h3-10,13-14H,1-2,11-12H2,(H,21,22,24)/b10-7+. The van der Waals surface area contributed by atoms with Crippen molar-refractivity contribution in [1.82, 2.24) is 9.29 Å². The third-order valence-electron chi connectivity index (χ3n) is 4.53. The van der Waals surface area contributed by atoms with Crippen molar-refractivity contribution in [2.45, 2.75) is 17.7 Å². The third-order valence-corrected chi connectivity index (χ3v) is 7.20. The largest absolute Gasteiger partial charge is 0.465 e. The number of furan rings is 1. The van der Waals surface area contributed by atoms with E-state index < -0.39 is 10.0 Å². The van der Waals surface area contributed by atoms with Crippen molar-refractivity contribution in [2.75, 3.05) is 18.4 Å². The van der Waals surface area contributed by atoms with E-state index in [-0.39, 0.29) is 10.8 Å². The van der Waals surface area contributed by atoms with Gasteiger partial charge in [-0.3, -0.25) is 10.1 Å². The van der Waals surface area contributed by atoms with Gasteiger partial charge in [-0.25, -0.2) is 13.4 Å². The van der Waals surface area contributed by atoms with E-state index in [1.165, 1.54) is 28.0 Å². The van der Waals surface area contributed by atoms with Crippen LogP contribution in [0.15, 0.2) is 63.4 Å². The Morgan fingerprint density at radius 3 is 2.62 bits per heavy atom. The van der Waals surface area contributed by atoms with Gasteiger partial charge in [0.1, 0.15) is 5.76 Å². The lowest BCUT2D eigenvalue weighted by atomic mass is 10.2. The zero-order valence-electron chi connectivity index (χ0n) is 15.4. The van der Waals surface area contributed by atoms with Crippen molar-refractivity contribution in [3.8, 4) is 11.3 Å². The number of hydrogen-bond acceptors (Lipinski definition) is 6. The Morgan fingerprint density at radius 2 is 1.93 bits per heavy atom. The Bertz CT molecular complexity index is 1110. The molecular formula is C20H19N3O4S2. The van der Waals surface area contributed by atoms with Gasteiger partial charge >= 0.3 is 0 Å². The number of carbonyl (C=O) groups excluding carboxylic acids is 1. The third kappa shape index (κ3) is 4.47. The molecule has 0 unspecified atom stereocenters. The summed E-state index contributed by atoms with van der Waals surface area (Å²) >= 11 is 1.30. The highest BCUT2D eigenvalue weighted by molar-refractivity contribution is 7.89. The van der Waals surface area contributed by atoms with Crippen LogP contribution in [0, 0.1) is 0 Å². The van der Waals surface area contributed by atoms with Gasteiger partial charge in [0.25, 0.3) is 0 Å². The summed E-state index contributed by atoms with van der Waals surface area (Å²) in [6.45, 7) is 1.15. The highest BCUT2D eigenvalue weighted by Gasteiger charge is 2.27. The van der Waals surface area contributed by atoms with E-state index in [1.807, 2.05) is 5.38 Å². The summed E-state index contributed by atoms with van der Waals surface area (Å²) < 4.78 is 31.9. The van der Waals surface area contributed by atoms with Gasteiger partial charge in [0.05, 0.1) is 16.9 Å². The van der Waals surface area contributed by atoms with Crippen LogP contribution in [0.5, 0.6) is 0 Å². The summed E-state index contributed by atoms with van der Waals surface area (Å²) in [4.78, 5) is 16.7. The summed E-state index contributed by atoms with van der Waals surface area (Å²) in [5.41, 5.74) is 1.46. The van der Waals surface area contributed by atoms with E-state index in [1.54, 1.807) is 42.5 Å². The second-order valence-corrected chi connectivity index (χ2v) is 9.31. The summed E-state index contributed by atoms with van der Waals surface area (Å²) in [6.07, 6.45) is 6.29. The predicted octanol–water partition coefficient (Wildman–Crippen LogP) is 3.84. The fourth-order valence-corrected chi connectivity index (χ4v) is 5.27. The van der Waals surface area contributed by atoms with Gasteiger partial charge < -0.3 is 4.42 Å². The van der Waals surface area contributed by atoms with E-state index in [0.29, 0.717) is 29.7 Å². The van der Waals surface area contributed by atoms with E-state index in [0.717, 1.165) is 18.4 Å². The van der Waals surface area contributed by atoms with E-state index in [2.05, 4.69) is 10.3 Å². The summed E-state index contributed by atoms with van der Waals surface area (Å²) in [6, 6.07) is 10.2. The Balaban J connectivity index is 1.43. The second kappa shape index (κ2) is 8.32. The fraction of sp³-hybridized carbons (Fsp3) is 0.200. The molecule has 3 aromatic rings. The number of thiazole rings is 1. The minimum absolute atomic E-state index is 0.287. The van der Waals surface area contributed by atoms with Crippen LogP contribution in [0.25, 0.3) is 17.3 Å². The molecule has 0 spiro atoms. The van der Waals surface area contributed by atoms with Crippen molar-refractivity contribution < 1.29 is 17.6 Å². The molecule has 1 aromatic carbocycles. The number of aromatic nitrogens is 1. The number of sulfonamides is 1. The highest BCUT2D eigenvalue weighted by atomic mass is 32.2. The Morgan fingerprint density at radius 1 is 1.17 bits per heavy atom. The van der Waals surface area contributed by atoms with Crippen LogP contribution < -0.4 is 5.32 Å². The molecule has 0 atom stereocenters. The normalized spacial score (nSPS) is 15.2. The lowest BCUT2D eigenvalue weighted by Crippen LogP contribution is -2.27. The molecule has 3 heterocycles. The quantitative estimate of drug-likeness (QED) is 0.601. The van der Waals surface area contributed by atoms with Crippen LogP contribution in [0.3, 0.4) is 0 Å². The van der Waals surface area contributed by atoms with Gasteiger partial charge in [0, 0.05) is 30.1 Å². The molecule has 0 saturated carbocycles. The smallest absolute Gasteiger partial charge is 0.250 e. The minimum atomic E-state index is -3.43. The van der Waals surface area contributed by atoms with E-state index >= 15 is 0 Å². The topological polar surface area (TPSA) is 92.5 Å². The molecule has 4 rings (SSSR count). The monoisotopic (exact) mass is 429 g/mol. The van der Waals surface area contributed by atoms with Gasteiger partial charge in [-0.1, -0.05) is 12.1 Å². The molecular weight excluding hydrogens is 410 g/mol. The SMILES string of the molecule is O=C(/C=C/c1ccco1)Nc1nc(-c2ccc(S(=O)(=O)N3CCCC3)cc2)cs1. The molecule has 7 nitrogen and oxygen atoms in total. The number of rotatable bonds is 6. The van der Waals surface area contributed by atoms with Crippen LogP contribution in [0.2, 0.25) is 0 Å². The number of benzene rings is 1. The molecule has 0 bridgehead atoms. The second-order valence-electron chi connectivity index (χ2n) is 6.51. The average Bonchev–Trinajstić information content (AvgIpc) is 3.49. The van der Waals surface area contributed by atoms with Crippen LogP contribution in [0.1, 0.15) is 18.6 Å². The maximum Gasteiger partial charge on any atom is 0.250 e. The van der Waals surface area contributed by atoms with Gasteiger partial charge in [0.15, 0.2) is 5.13 Å². The maximum atomic E-state index is 12.6. The molecule has 1 aliphatic rings. The van der Waals surface area contributed by atoms with E-state index in [4.69, 9.17) is 4.42 Å². The van der Waals surface area contributed by atoms with Crippen LogP contribution in [-0.2, 0) is 14.8 Å². The molecule has 29 heavy (non-hydrogen) atoms. The molecule has 150 valence electrons. The molecule has 0 radical (unpaired) electrons. The molecule has 9 heteroatoms. The number of nitrogens with one attached hydrogen (secondary N) is 1. The maximum absolute atomic E-state index is 12.6. The van der Waals surface area contributed by atoms with Crippen LogP contribution >= 0.6 is 11.3 Å². The minimum Gasteiger partial charge on any atom is -0.465 e. The van der Waals surface area contributed by atoms with E-state index in [9.17, 15) is 13.2 Å². The summed E-state index contributed by atoms with van der Waals surface area (Å²) in [5.74, 6) is 0.276. The number of carbonyl (C=O) groups is 1. The molecule has 1 saturated heterocycles. The number of anilines is 1. The molecule has 2 aromatic heterocycles. The zero-order valence-corrected chi connectivity index (χ0v) is 17.1. The van der Waals surface area contributed by atoms with Crippen molar-refractivity contribution in [1.29, 1.82) is 0 Å². The first kappa shape index (κ1) is 19.6. The molecule has 1 aliphatic heterocycles. The van der Waals surface area contributed by atoms with Crippen molar-refractivity contribution in [2.24, 2.45) is 0 Å². The molecule has 1 amide bonds. The number of hydrogen-bond donors (Lipinski definition) is 1. The summed E-state index contributed by atoms with van der Waals surface area (Å²) in [7, 11) is -3.43. The fourth-order valence-electron chi connectivity index (χ4n) is 3.03. The first-order chi connectivity index (χ1) is 14.0. The van der Waals surface area contributed by atoms with Crippen molar-refractivity contribution in [3.63, 3.8) is 0 Å². The van der Waals surface area contributed by atoms with Crippen LogP contribution in [0.4, 0.5) is 5.13 Å². The molecule has 1 N–H and O–H groups in total. The highest BCUT2D eigenvalue weighted by Crippen LogP contribution is 2.27. The lowest BCUT2D eigenvalue weighted by Gasteiger charge is -2.15. The predicted molar refractivity (Wildman–Crippen MR) is 112 cm³/mol. The Labute approximate surface area is 172 Å².